The van der Waals surface area contributed by atoms with Gasteiger partial charge in [0.25, 0.3) is 0 Å². The van der Waals surface area contributed by atoms with Crippen LogP contribution in [0.15, 0.2) is 122 Å². The second-order valence-corrected chi connectivity index (χ2v) is 13.5. The highest BCUT2D eigenvalue weighted by atomic mass is 16.6. The summed E-state index contributed by atoms with van der Waals surface area (Å²) in [6, 6.07) is 0. The first-order valence-corrected chi connectivity index (χ1v) is 21.6. The van der Waals surface area contributed by atoms with Crippen LogP contribution in [0.4, 0.5) is 0 Å². The molecular weight excluding hydrogens is 697 g/mol. The Kier molecular flexibility index (Phi) is 40.3. The fourth-order valence-corrected chi connectivity index (χ4v) is 5.13. The number of esters is 3. The lowest BCUT2D eigenvalue weighted by atomic mass is 10.1. The lowest BCUT2D eigenvalue weighted by Gasteiger charge is -2.18. The summed E-state index contributed by atoms with van der Waals surface area (Å²) in [5, 5.41) is 0. The molecule has 0 aromatic carbocycles. The SMILES string of the molecule is CC\C=C/C=C\C=C/C=C\CCCCCC(=O)OC(COC(=O)CCC/C=C\C/C=C\C/C=C\CC)COC(=O)CCCCCC/C=C\C/C=C\C/C=C\CC. The second-order valence-electron chi connectivity index (χ2n) is 13.5. The molecule has 0 amide bonds. The number of allylic oxidation sites excluding steroid dienone is 20. The largest absolute Gasteiger partial charge is 0.462 e. The van der Waals surface area contributed by atoms with Crippen molar-refractivity contribution in [1.82, 2.24) is 0 Å². The van der Waals surface area contributed by atoms with Crippen molar-refractivity contribution < 1.29 is 28.6 Å². The van der Waals surface area contributed by atoms with Crippen LogP contribution in [-0.4, -0.2) is 37.2 Å². The van der Waals surface area contributed by atoms with Gasteiger partial charge in [-0.1, -0.05) is 162 Å². The molecule has 0 aliphatic carbocycles. The molecule has 56 heavy (non-hydrogen) atoms. The van der Waals surface area contributed by atoms with Gasteiger partial charge in [-0.15, -0.1) is 0 Å². The first-order chi connectivity index (χ1) is 27.5. The average molecular weight is 773 g/mol. The predicted molar refractivity (Wildman–Crippen MR) is 237 cm³/mol. The highest BCUT2D eigenvalue weighted by Gasteiger charge is 2.19. The van der Waals surface area contributed by atoms with Crippen LogP contribution in [0.5, 0.6) is 0 Å². The van der Waals surface area contributed by atoms with Crippen LogP contribution in [0.3, 0.4) is 0 Å². The third-order valence-electron chi connectivity index (χ3n) is 8.29. The molecule has 6 nitrogen and oxygen atoms in total. The Balaban J connectivity index is 4.59. The first kappa shape index (κ1) is 51.8. The van der Waals surface area contributed by atoms with Gasteiger partial charge in [0.15, 0.2) is 6.10 Å². The standard InChI is InChI=1S/C50H76O6/c1-4-7-10-13-16-19-22-24-26-28-31-34-37-40-43-49(52)55-46-47(45-54-48(51)42-39-36-33-30-27-21-18-15-12-9-6-3)56-50(53)44-41-38-35-32-29-25-23-20-17-14-11-8-5-2/h7-12,14,16-21,23-26,29-30,33,47H,4-6,13,15,22,27-28,31-32,34-46H2,1-3H3/b10-7-,11-8-,12-9-,17-14-,19-16-,21-18-,23-20-,26-24-,29-25-,33-30-. The van der Waals surface area contributed by atoms with Gasteiger partial charge in [-0.3, -0.25) is 14.4 Å². The topological polar surface area (TPSA) is 78.9 Å². The van der Waals surface area contributed by atoms with E-state index in [-0.39, 0.29) is 44.0 Å². The van der Waals surface area contributed by atoms with E-state index in [1.165, 1.54) is 0 Å². The number of hydrogen-bond donors (Lipinski definition) is 0. The average Bonchev–Trinajstić information content (AvgIpc) is 3.19. The maximum atomic E-state index is 12.7. The molecule has 0 saturated carbocycles. The van der Waals surface area contributed by atoms with Crippen molar-refractivity contribution in [3.63, 3.8) is 0 Å². The summed E-state index contributed by atoms with van der Waals surface area (Å²) in [6.07, 6.45) is 59.1. The molecule has 0 aliphatic rings. The van der Waals surface area contributed by atoms with E-state index in [0.717, 1.165) is 103 Å². The van der Waals surface area contributed by atoms with Gasteiger partial charge in [-0.05, 0) is 96.3 Å². The molecular formula is C50H76O6. The third kappa shape index (κ3) is 41.0. The molecule has 312 valence electrons. The van der Waals surface area contributed by atoms with Crippen molar-refractivity contribution >= 4 is 17.9 Å². The minimum atomic E-state index is -0.829. The molecule has 0 spiro atoms. The van der Waals surface area contributed by atoms with Gasteiger partial charge in [-0.2, -0.15) is 0 Å². The maximum absolute atomic E-state index is 12.7. The Morgan fingerprint density at radius 3 is 1.29 bits per heavy atom. The molecule has 0 heterocycles. The van der Waals surface area contributed by atoms with E-state index in [0.29, 0.717) is 19.3 Å². The van der Waals surface area contributed by atoms with Gasteiger partial charge < -0.3 is 14.2 Å². The van der Waals surface area contributed by atoms with Crippen molar-refractivity contribution in [3.8, 4) is 0 Å². The van der Waals surface area contributed by atoms with Crippen LogP contribution < -0.4 is 0 Å². The maximum Gasteiger partial charge on any atom is 0.306 e. The summed E-state index contributed by atoms with van der Waals surface area (Å²) < 4.78 is 16.6. The predicted octanol–water partition coefficient (Wildman–Crippen LogP) is 13.8. The van der Waals surface area contributed by atoms with E-state index >= 15 is 0 Å². The molecule has 6 heteroatoms. The number of ether oxygens (including phenoxy) is 3. The summed E-state index contributed by atoms with van der Waals surface area (Å²) in [5.74, 6) is -1.06. The molecule has 0 saturated heterocycles. The molecule has 0 aromatic heterocycles. The second kappa shape index (κ2) is 43.5. The molecule has 0 aromatic rings. The van der Waals surface area contributed by atoms with Crippen molar-refractivity contribution in [2.24, 2.45) is 0 Å². The van der Waals surface area contributed by atoms with Gasteiger partial charge >= 0.3 is 17.9 Å². The molecule has 0 aliphatic heterocycles. The fraction of sp³-hybridized carbons (Fsp3) is 0.540. The Morgan fingerprint density at radius 2 is 0.750 bits per heavy atom. The van der Waals surface area contributed by atoms with Crippen molar-refractivity contribution in [2.75, 3.05) is 13.2 Å². The zero-order valence-corrected chi connectivity index (χ0v) is 35.3. The summed E-state index contributed by atoms with van der Waals surface area (Å²) >= 11 is 0. The van der Waals surface area contributed by atoms with Gasteiger partial charge in [0.1, 0.15) is 13.2 Å². The van der Waals surface area contributed by atoms with E-state index in [1.54, 1.807) is 0 Å². The van der Waals surface area contributed by atoms with Crippen LogP contribution in [0.1, 0.15) is 156 Å². The van der Waals surface area contributed by atoms with E-state index in [4.69, 9.17) is 14.2 Å². The third-order valence-corrected chi connectivity index (χ3v) is 8.29. The minimum Gasteiger partial charge on any atom is -0.462 e. The smallest absolute Gasteiger partial charge is 0.306 e. The summed E-state index contributed by atoms with van der Waals surface area (Å²) in [5.41, 5.74) is 0. The Hall–Kier alpha value is -4.19. The van der Waals surface area contributed by atoms with Gasteiger partial charge in [0.05, 0.1) is 0 Å². The van der Waals surface area contributed by atoms with E-state index in [1.807, 2.05) is 36.5 Å². The minimum absolute atomic E-state index is 0.126. The zero-order valence-electron chi connectivity index (χ0n) is 35.3. The Bertz CT molecular complexity index is 1260. The van der Waals surface area contributed by atoms with Gasteiger partial charge in [0.2, 0.25) is 0 Å². The number of rotatable bonds is 36. The molecule has 0 radical (unpaired) electrons. The number of hydrogen-bond acceptors (Lipinski definition) is 6. The van der Waals surface area contributed by atoms with Crippen LogP contribution in [0.25, 0.3) is 0 Å². The summed E-state index contributed by atoms with van der Waals surface area (Å²) in [7, 11) is 0. The monoisotopic (exact) mass is 773 g/mol. The van der Waals surface area contributed by atoms with Crippen LogP contribution >= 0.6 is 0 Å². The molecule has 1 atom stereocenters. The Labute approximate surface area is 342 Å². The Morgan fingerprint density at radius 1 is 0.375 bits per heavy atom. The van der Waals surface area contributed by atoms with Crippen LogP contribution in [0, 0.1) is 0 Å². The lowest BCUT2D eigenvalue weighted by molar-refractivity contribution is -0.167. The number of carbonyl (C=O) groups is 3. The van der Waals surface area contributed by atoms with Gasteiger partial charge in [0, 0.05) is 19.3 Å². The van der Waals surface area contributed by atoms with E-state index < -0.39 is 6.10 Å². The molecule has 0 bridgehead atoms. The van der Waals surface area contributed by atoms with E-state index in [9.17, 15) is 14.4 Å². The van der Waals surface area contributed by atoms with E-state index in [2.05, 4.69) is 106 Å². The normalized spacial score (nSPS) is 13.3. The van der Waals surface area contributed by atoms with Crippen molar-refractivity contribution in [2.45, 2.75) is 162 Å². The number of unbranched alkanes of at least 4 members (excludes halogenated alkanes) is 8. The molecule has 1 unspecified atom stereocenters. The lowest BCUT2D eigenvalue weighted by Crippen LogP contribution is -2.30. The summed E-state index contributed by atoms with van der Waals surface area (Å²) in [4.78, 5) is 37.7. The zero-order chi connectivity index (χ0) is 40.8. The highest BCUT2D eigenvalue weighted by molar-refractivity contribution is 5.71. The fourth-order valence-electron chi connectivity index (χ4n) is 5.13. The van der Waals surface area contributed by atoms with Crippen molar-refractivity contribution in [1.29, 1.82) is 0 Å². The highest BCUT2D eigenvalue weighted by Crippen LogP contribution is 2.10. The summed E-state index contributed by atoms with van der Waals surface area (Å²) in [6.45, 7) is 6.11. The van der Waals surface area contributed by atoms with Crippen LogP contribution in [-0.2, 0) is 28.6 Å². The number of carbonyl (C=O) groups excluding carboxylic acids is 3. The van der Waals surface area contributed by atoms with Gasteiger partial charge in [-0.25, -0.2) is 0 Å². The quantitative estimate of drug-likeness (QED) is 0.0207. The van der Waals surface area contributed by atoms with Crippen molar-refractivity contribution in [3.05, 3.63) is 122 Å². The molecule has 0 fully saturated rings. The van der Waals surface area contributed by atoms with Crippen LogP contribution in [0.2, 0.25) is 0 Å². The molecule has 0 rings (SSSR count). The molecule has 0 N–H and O–H groups in total. The first-order valence-electron chi connectivity index (χ1n) is 21.6.